The molecular weight excluding hydrogens is 348 g/mol. The summed E-state index contributed by atoms with van der Waals surface area (Å²) in [6.07, 6.45) is -4.44. The molecule has 0 saturated carbocycles. The maximum atomic E-state index is 12.7. The molecule has 0 unspecified atom stereocenters. The standard InChI is InChI=1S/C14H8Cl3F3O/c1-21-12-6-8(14(18,19)20)2-3-9(12)7-4-10(15)13(17)11(16)5-7/h2-6H,1H3. The van der Waals surface area contributed by atoms with Crippen LogP contribution in [0.15, 0.2) is 30.3 Å². The number of halogens is 6. The van der Waals surface area contributed by atoms with E-state index in [9.17, 15) is 13.2 Å². The van der Waals surface area contributed by atoms with Crippen LogP contribution in [0.1, 0.15) is 5.56 Å². The highest BCUT2D eigenvalue weighted by Gasteiger charge is 2.31. The molecule has 0 atom stereocenters. The second-order valence-electron chi connectivity index (χ2n) is 4.17. The van der Waals surface area contributed by atoms with Gasteiger partial charge in [0, 0.05) is 5.56 Å². The highest BCUT2D eigenvalue weighted by molar-refractivity contribution is 6.48. The molecule has 0 aliphatic carbocycles. The molecule has 2 rings (SSSR count). The zero-order valence-corrected chi connectivity index (χ0v) is 12.8. The van der Waals surface area contributed by atoms with E-state index in [0.29, 0.717) is 11.1 Å². The normalized spacial score (nSPS) is 11.6. The summed E-state index contributed by atoms with van der Waals surface area (Å²) in [4.78, 5) is 0. The van der Waals surface area contributed by atoms with E-state index in [1.165, 1.54) is 25.3 Å². The van der Waals surface area contributed by atoms with Crippen LogP contribution in [0.25, 0.3) is 11.1 Å². The number of methoxy groups -OCH3 is 1. The van der Waals surface area contributed by atoms with E-state index < -0.39 is 11.7 Å². The van der Waals surface area contributed by atoms with Crippen molar-refractivity contribution in [3.05, 3.63) is 51.0 Å². The molecular formula is C14H8Cl3F3O. The fraction of sp³-hybridized carbons (Fsp3) is 0.143. The Hall–Kier alpha value is -1.10. The average Bonchev–Trinajstić information content (AvgIpc) is 2.42. The fourth-order valence-electron chi connectivity index (χ4n) is 1.82. The van der Waals surface area contributed by atoms with Crippen LogP contribution < -0.4 is 4.74 Å². The molecule has 0 aliphatic rings. The smallest absolute Gasteiger partial charge is 0.416 e. The molecule has 0 N–H and O–H groups in total. The van der Waals surface area contributed by atoms with E-state index in [-0.39, 0.29) is 20.8 Å². The lowest BCUT2D eigenvalue weighted by molar-refractivity contribution is -0.137. The minimum atomic E-state index is -4.44. The van der Waals surface area contributed by atoms with Crippen LogP contribution in [0.2, 0.25) is 15.1 Å². The first kappa shape index (κ1) is 16.3. The molecule has 0 aliphatic heterocycles. The van der Waals surface area contributed by atoms with Crippen molar-refractivity contribution in [2.45, 2.75) is 6.18 Å². The lowest BCUT2D eigenvalue weighted by Crippen LogP contribution is -2.05. The number of benzene rings is 2. The summed E-state index contributed by atoms with van der Waals surface area (Å²) in [7, 11) is 1.29. The summed E-state index contributed by atoms with van der Waals surface area (Å²) in [5, 5.41) is 0.607. The van der Waals surface area contributed by atoms with Gasteiger partial charge in [-0.2, -0.15) is 13.2 Å². The van der Waals surface area contributed by atoms with Gasteiger partial charge in [-0.25, -0.2) is 0 Å². The van der Waals surface area contributed by atoms with Crippen LogP contribution in [0, 0.1) is 0 Å². The number of hydrogen-bond acceptors (Lipinski definition) is 1. The Bertz CT molecular complexity index is 661. The first-order chi connectivity index (χ1) is 9.74. The fourth-order valence-corrected chi connectivity index (χ4v) is 2.41. The molecule has 1 nitrogen and oxygen atoms in total. The summed E-state index contributed by atoms with van der Waals surface area (Å²) in [5.74, 6) is 0.0688. The van der Waals surface area contributed by atoms with Crippen LogP contribution in [0.5, 0.6) is 5.75 Å². The second-order valence-corrected chi connectivity index (χ2v) is 5.36. The Morgan fingerprint density at radius 1 is 0.952 bits per heavy atom. The van der Waals surface area contributed by atoms with Gasteiger partial charge in [0.2, 0.25) is 0 Å². The van der Waals surface area contributed by atoms with Crippen molar-refractivity contribution in [3.63, 3.8) is 0 Å². The largest absolute Gasteiger partial charge is 0.496 e. The Kier molecular flexibility index (Phi) is 4.61. The van der Waals surface area contributed by atoms with Crippen molar-refractivity contribution in [1.82, 2.24) is 0 Å². The van der Waals surface area contributed by atoms with E-state index in [2.05, 4.69) is 0 Å². The predicted molar refractivity (Wildman–Crippen MR) is 78.5 cm³/mol. The first-order valence-electron chi connectivity index (χ1n) is 5.64. The van der Waals surface area contributed by atoms with Crippen molar-refractivity contribution in [3.8, 4) is 16.9 Å². The zero-order chi connectivity index (χ0) is 15.8. The van der Waals surface area contributed by atoms with Crippen molar-refractivity contribution in [2.24, 2.45) is 0 Å². The van der Waals surface area contributed by atoms with Gasteiger partial charge in [-0.1, -0.05) is 40.9 Å². The molecule has 21 heavy (non-hydrogen) atoms. The number of ether oxygens (including phenoxy) is 1. The molecule has 112 valence electrons. The Labute approximate surface area is 134 Å². The minimum Gasteiger partial charge on any atom is -0.496 e. The van der Waals surface area contributed by atoms with Crippen LogP contribution in [-0.2, 0) is 6.18 Å². The molecule has 2 aromatic carbocycles. The first-order valence-corrected chi connectivity index (χ1v) is 6.77. The van der Waals surface area contributed by atoms with Gasteiger partial charge in [0.15, 0.2) is 0 Å². The van der Waals surface area contributed by atoms with Gasteiger partial charge in [-0.05, 0) is 29.8 Å². The SMILES string of the molecule is COc1cc(C(F)(F)F)ccc1-c1cc(Cl)c(Cl)c(Cl)c1. The molecule has 0 spiro atoms. The van der Waals surface area contributed by atoms with Crippen molar-refractivity contribution in [2.75, 3.05) is 7.11 Å². The van der Waals surface area contributed by atoms with Gasteiger partial charge in [0.25, 0.3) is 0 Å². The Morgan fingerprint density at radius 2 is 1.52 bits per heavy atom. The maximum absolute atomic E-state index is 12.7. The summed E-state index contributed by atoms with van der Waals surface area (Å²) >= 11 is 17.7. The zero-order valence-electron chi connectivity index (χ0n) is 10.6. The Morgan fingerprint density at radius 3 is 2.00 bits per heavy atom. The minimum absolute atomic E-state index is 0.0688. The molecule has 0 radical (unpaired) electrons. The summed E-state index contributed by atoms with van der Waals surface area (Å²) < 4.78 is 43.1. The van der Waals surface area contributed by atoms with E-state index in [1.54, 1.807) is 0 Å². The summed E-state index contributed by atoms with van der Waals surface area (Å²) in [6.45, 7) is 0. The summed E-state index contributed by atoms with van der Waals surface area (Å²) in [6, 6.07) is 6.22. The number of alkyl halides is 3. The number of hydrogen-bond donors (Lipinski definition) is 0. The molecule has 0 saturated heterocycles. The average molecular weight is 356 g/mol. The molecule has 0 fully saturated rings. The molecule has 0 heterocycles. The predicted octanol–water partition coefficient (Wildman–Crippen LogP) is 6.34. The maximum Gasteiger partial charge on any atom is 0.416 e. The van der Waals surface area contributed by atoms with Gasteiger partial charge in [0.05, 0.1) is 27.7 Å². The third-order valence-corrected chi connectivity index (χ3v) is 4.02. The quantitative estimate of drug-likeness (QED) is 0.571. The molecule has 0 aromatic heterocycles. The van der Waals surface area contributed by atoms with Crippen LogP contribution in [0.4, 0.5) is 13.2 Å². The molecule has 7 heteroatoms. The van der Waals surface area contributed by atoms with E-state index >= 15 is 0 Å². The third kappa shape index (κ3) is 3.39. The van der Waals surface area contributed by atoms with Crippen LogP contribution >= 0.6 is 34.8 Å². The van der Waals surface area contributed by atoms with Crippen molar-refractivity contribution < 1.29 is 17.9 Å². The number of rotatable bonds is 2. The van der Waals surface area contributed by atoms with Gasteiger partial charge in [-0.3, -0.25) is 0 Å². The Balaban J connectivity index is 2.59. The molecule has 0 amide bonds. The van der Waals surface area contributed by atoms with E-state index in [4.69, 9.17) is 39.5 Å². The summed E-state index contributed by atoms with van der Waals surface area (Å²) in [5.41, 5.74) is 0.153. The third-order valence-electron chi connectivity index (χ3n) is 2.82. The van der Waals surface area contributed by atoms with Crippen LogP contribution in [0.3, 0.4) is 0 Å². The van der Waals surface area contributed by atoms with E-state index in [0.717, 1.165) is 12.1 Å². The van der Waals surface area contributed by atoms with E-state index in [1.807, 2.05) is 0 Å². The highest BCUT2D eigenvalue weighted by Crippen LogP contribution is 2.40. The monoisotopic (exact) mass is 354 g/mol. The lowest BCUT2D eigenvalue weighted by Gasteiger charge is -2.13. The van der Waals surface area contributed by atoms with Crippen molar-refractivity contribution >= 4 is 34.8 Å². The second kappa shape index (κ2) is 5.95. The van der Waals surface area contributed by atoms with Gasteiger partial charge < -0.3 is 4.74 Å². The van der Waals surface area contributed by atoms with Crippen molar-refractivity contribution in [1.29, 1.82) is 0 Å². The van der Waals surface area contributed by atoms with Gasteiger partial charge in [0.1, 0.15) is 5.75 Å². The van der Waals surface area contributed by atoms with Gasteiger partial charge in [-0.15, -0.1) is 0 Å². The van der Waals surface area contributed by atoms with Gasteiger partial charge >= 0.3 is 6.18 Å². The molecule has 0 bridgehead atoms. The molecule has 2 aromatic rings. The topological polar surface area (TPSA) is 9.23 Å². The highest BCUT2D eigenvalue weighted by atomic mass is 35.5. The van der Waals surface area contributed by atoms with Crippen LogP contribution in [-0.4, -0.2) is 7.11 Å². The lowest BCUT2D eigenvalue weighted by atomic mass is 10.0.